The highest BCUT2D eigenvalue weighted by Crippen LogP contribution is 2.24. The predicted molar refractivity (Wildman–Crippen MR) is 118 cm³/mol. The van der Waals surface area contributed by atoms with E-state index in [0.29, 0.717) is 33.5 Å². The summed E-state index contributed by atoms with van der Waals surface area (Å²) >= 11 is 11.8. The van der Waals surface area contributed by atoms with Crippen molar-refractivity contribution in [1.29, 1.82) is 0 Å². The zero-order valence-corrected chi connectivity index (χ0v) is 16.9. The maximum absolute atomic E-state index is 12.2. The van der Waals surface area contributed by atoms with Gasteiger partial charge in [-0.1, -0.05) is 53.5 Å². The summed E-state index contributed by atoms with van der Waals surface area (Å²) in [5.41, 5.74) is 2.85. The SMILES string of the molecule is O=C(CNc1ccc(Cl)c(Cl)c1)Nc1ccc(C(=O)NCc2ccccc2)cc1. The van der Waals surface area contributed by atoms with E-state index < -0.39 is 0 Å². The molecule has 0 aliphatic carbocycles. The summed E-state index contributed by atoms with van der Waals surface area (Å²) in [6.07, 6.45) is 0. The summed E-state index contributed by atoms with van der Waals surface area (Å²) in [6.45, 7) is 0.524. The lowest BCUT2D eigenvalue weighted by Gasteiger charge is -2.09. The van der Waals surface area contributed by atoms with Gasteiger partial charge in [0, 0.05) is 23.5 Å². The fraction of sp³-hybridized carbons (Fsp3) is 0.0909. The Morgan fingerprint density at radius 3 is 2.17 bits per heavy atom. The normalized spacial score (nSPS) is 10.3. The molecule has 2 amide bonds. The van der Waals surface area contributed by atoms with Gasteiger partial charge in [0.1, 0.15) is 0 Å². The van der Waals surface area contributed by atoms with Crippen LogP contribution in [0.1, 0.15) is 15.9 Å². The third-order valence-electron chi connectivity index (χ3n) is 4.10. The molecule has 3 aromatic rings. The van der Waals surface area contributed by atoms with Crippen LogP contribution in [0.15, 0.2) is 72.8 Å². The van der Waals surface area contributed by atoms with E-state index in [2.05, 4.69) is 16.0 Å². The second kappa shape index (κ2) is 9.96. The summed E-state index contributed by atoms with van der Waals surface area (Å²) in [7, 11) is 0. The minimum Gasteiger partial charge on any atom is -0.376 e. The van der Waals surface area contributed by atoms with Crippen molar-refractivity contribution in [2.24, 2.45) is 0 Å². The molecule has 0 aliphatic heterocycles. The number of carbonyl (C=O) groups is 2. The predicted octanol–water partition coefficient (Wildman–Crippen LogP) is 4.97. The van der Waals surface area contributed by atoms with Gasteiger partial charge in [0.25, 0.3) is 5.91 Å². The molecule has 29 heavy (non-hydrogen) atoms. The molecule has 0 spiro atoms. The third-order valence-corrected chi connectivity index (χ3v) is 4.84. The summed E-state index contributed by atoms with van der Waals surface area (Å²) < 4.78 is 0. The molecule has 5 nitrogen and oxygen atoms in total. The van der Waals surface area contributed by atoms with Crippen LogP contribution in [0.25, 0.3) is 0 Å². The first-order valence-corrected chi connectivity index (χ1v) is 9.68. The molecule has 148 valence electrons. The zero-order valence-electron chi connectivity index (χ0n) is 15.4. The lowest BCUT2D eigenvalue weighted by atomic mass is 10.1. The first kappa shape index (κ1) is 20.7. The lowest BCUT2D eigenvalue weighted by molar-refractivity contribution is -0.114. The number of hydrogen-bond acceptors (Lipinski definition) is 3. The summed E-state index contributed by atoms with van der Waals surface area (Å²) in [5, 5.41) is 9.48. The maximum atomic E-state index is 12.2. The van der Waals surface area contributed by atoms with Gasteiger partial charge in [-0.3, -0.25) is 9.59 Å². The van der Waals surface area contributed by atoms with Crippen LogP contribution in [0.5, 0.6) is 0 Å². The fourth-order valence-electron chi connectivity index (χ4n) is 2.58. The number of nitrogens with one attached hydrogen (secondary N) is 3. The van der Waals surface area contributed by atoms with E-state index in [1.165, 1.54) is 0 Å². The molecule has 3 rings (SSSR count). The smallest absolute Gasteiger partial charge is 0.251 e. The van der Waals surface area contributed by atoms with Crippen molar-refractivity contribution in [1.82, 2.24) is 5.32 Å². The van der Waals surface area contributed by atoms with Gasteiger partial charge in [-0.25, -0.2) is 0 Å². The van der Waals surface area contributed by atoms with Crippen molar-refractivity contribution in [3.05, 3.63) is 94.0 Å². The zero-order chi connectivity index (χ0) is 20.6. The van der Waals surface area contributed by atoms with Crippen LogP contribution in [-0.4, -0.2) is 18.4 Å². The van der Waals surface area contributed by atoms with Crippen LogP contribution in [0.3, 0.4) is 0 Å². The van der Waals surface area contributed by atoms with Crippen molar-refractivity contribution < 1.29 is 9.59 Å². The molecular formula is C22H19Cl2N3O2. The van der Waals surface area contributed by atoms with E-state index in [1.807, 2.05) is 30.3 Å². The highest BCUT2D eigenvalue weighted by atomic mass is 35.5. The monoisotopic (exact) mass is 427 g/mol. The number of hydrogen-bond donors (Lipinski definition) is 3. The number of halogens is 2. The van der Waals surface area contributed by atoms with Crippen LogP contribution in [0.2, 0.25) is 10.0 Å². The van der Waals surface area contributed by atoms with Gasteiger partial charge in [0.15, 0.2) is 0 Å². The highest BCUT2D eigenvalue weighted by molar-refractivity contribution is 6.42. The quantitative estimate of drug-likeness (QED) is 0.498. The van der Waals surface area contributed by atoms with Crippen LogP contribution >= 0.6 is 23.2 Å². The molecule has 0 radical (unpaired) electrons. The second-order valence-corrected chi connectivity index (χ2v) is 7.09. The average molecular weight is 428 g/mol. The van der Waals surface area contributed by atoms with Gasteiger partial charge in [-0.15, -0.1) is 0 Å². The summed E-state index contributed by atoms with van der Waals surface area (Å²) in [6, 6.07) is 21.4. The Labute approximate surface area is 179 Å². The van der Waals surface area contributed by atoms with Gasteiger partial charge < -0.3 is 16.0 Å². The Kier molecular flexibility index (Phi) is 7.11. The van der Waals surface area contributed by atoms with Crippen molar-refractivity contribution in [3.63, 3.8) is 0 Å². The summed E-state index contributed by atoms with van der Waals surface area (Å²) in [4.78, 5) is 24.3. The Morgan fingerprint density at radius 2 is 1.48 bits per heavy atom. The molecule has 7 heteroatoms. The van der Waals surface area contributed by atoms with E-state index in [-0.39, 0.29) is 18.4 Å². The summed E-state index contributed by atoms with van der Waals surface area (Å²) in [5.74, 6) is -0.398. The molecule has 0 aromatic heterocycles. The van der Waals surface area contributed by atoms with Crippen molar-refractivity contribution >= 4 is 46.4 Å². The average Bonchev–Trinajstić information content (AvgIpc) is 2.74. The van der Waals surface area contributed by atoms with E-state index in [1.54, 1.807) is 42.5 Å². The van der Waals surface area contributed by atoms with Crippen LogP contribution in [-0.2, 0) is 11.3 Å². The van der Waals surface area contributed by atoms with Crippen molar-refractivity contribution in [2.75, 3.05) is 17.2 Å². The van der Waals surface area contributed by atoms with E-state index in [0.717, 1.165) is 5.56 Å². The molecule has 0 saturated heterocycles. The highest BCUT2D eigenvalue weighted by Gasteiger charge is 2.07. The van der Waals surface area contributed by atoms with Crippen molar-refractivity contribution in [2.45, 2.75) is 6.54 Å². The van der Waals surface area contributed by atoms with E-state index in [4.69, 9.17) is 23.2 Å². The largest absolute Gasteiger partial charge is 0.376 e. The Bertz CT molecular complexity index is 993. The Morgan fingerprint density at radius 1 is 0.793 bits per heavy atom. The first-order chi connectivity index (χ1) is 14.0. The standard InChI is InChI=1S/C22H19Cl2N3O2/c23-19-11-10-18(12-20(19)24)25-14-21(28)27-17-8-6-16(7-9-17)22(29)26-13-15-4-2-1-3-5-15/h1-12,25H,13-14H2,(H,26,29)(H,27,28). The van der Waals surface area contributed by atoms with E-state index in [9.17, 15) is 9.59 Å². The Hall–Kier alpha value is -3.02. The maximum Gasteiger partial charge on any atom is 0.251 e. The number of rotatable bonds is 7. The number of anilines is 2. The fourth-order valence-corrected chi connectivity index (χ4v) is 2.88. The minimum atomic E-state index is -0.225. The molecule has 0 saturated carbocycles. The molecule has 0 unspecified atom stereocenters. The molecule has 3 N–H and O–H groups in total. The lowest BCUT2D eigenvalue weighted by Crippen LogP contribution is -2.23. The Balaban J connectivity index is 1.48. The van der Waals surface area contributed by atoms with Crippen LogP contribution < -0.4 is 16.0 Å². The van der Waals surface area contributed by atoms with E-state index >= 15 is 0 Å². The molecular weight excluding hydrogens is 409 g/mol. The van der Waals surface area contributed by atoms with Crippen molar-refractivity contribution in [3.8, 4) is 0 Å². The van der Waals surface area contributed by atoms with Gasteiger partial charge >= 0.3 is 0 Å². The van der Waals surface area contributed by atoms with Gasteiger partial charge in [0.05, 0.1) is 16.6 Å². The number of benzene rings is 3. The molecule has 0 atom stereocenters. The van der Waals surface area contributed by atoms with Crippen LogP contribution in [0, 0.1) is 0 Å². The molecule has 0 bridgehead atoms. The number of amides is 2. The second-order valence-electron chi connectivity index (χ2n) is 6.28. The first-order valence-electron chi connectivity index (χ1n) is 8.92. The molecule has 3 aromatic carbocycles. The number of carbonyl (C=O) groups excluding carboxylic acids is 2. The molecule has 0 aliphatic rings. The van der Waals surface area contributed by atoms with Gasteiger partial charge in [-0.2, -0.15) is 0 Å². The topological polar surface area (TPSA) is 70.2 Å². The van der Waals surface area contributed by atoms with Gasteiger partial charge in [0.2, 0.25) is 5.91 Å². The minimum absolute atomic E-state index is 0.0667. The molecule has 0 heterocycles. The van der Waals surface area contributed by atoms with Gasteiger partial charge in [-0.05, 0) is 48.0 Å². The third kappa shape index (κ3) is 6.24. The molecule has 0 fully saturated rings. The van der Waals surface area contributed by atoms with Crippen LogP contribution in [0.4, 0.5) is 11.4 Å².